The SMILES string of the molecule is N=C/N=C(\c1cc(-c2ccnc(F)c2)c[nH]1)N1CC2CCC(C1)N2C(=O)[C@@H]1C[C@H]1F. The van der Waals surface area contributed by atoms with E-state index in [1.165, 1.54) is 12.3 Å². The van der Waals surface area contributed by atoms with Gasteiger partial charge in [-0.3, -0.25) is 10.2 Å². The minimum absolute atomic E-state index is 0.0312. The van der Waals surface area contributed by atoms with E-state index in [9.17, 15) is 13.6 Å². The van der Waals surface area contributed by atoms with Gasteiger partial charge in [0.1, 0.15) is 12.5 Å². The number of aromatic nitrogens is 2. The Bertz CT molecular complexity index is 1010. The first-order valence-corrected chi connectivity index (χ1v) is 10.1. The van der Waals surface area contributed by atoms with Crippen molar-refractivity contribution in [2.75, 3.05) is 13.1 Å². The second kappa shape index (κ2) is 7.30. The first kappa shape index (κ1) is 18.9. The molecule has 4 heterocycles. The molecule has 2 aromatic heterocycles. The minimum Gasteiger partial charge on any atom is -0.358 e. The highest BCUT2D eigenvalue weighted by Crippen LogP contribution is 2.40. The number of pyridine rings is 1. The summed E-state index contributed by atoms with van der Waals surface area (Å²) in [5.74, 6) is -0.445. The molecule has 2 N–H and O–H groups in total. The Balaban J connectivity index is 1.37. The standard InChI is InChI=1S/C21H22F2N6O/c22-17-7-16(17)21(30)29-14-1-2-15(29)10-28(9-14)20(27-11-24)18-5-13(8-26-18)12-3-4-25-19(23)6-12/h3-6,8,11,14-17,24,26H,1-2,7,9-10H2/b24-11?,27-20+/t14?,15?,16-,17-/m1/s1. The molecule has 2 unspecified atom stereocenters. The van der Waals surface area contributed by atoms with Crippen molar-refractivity contribution in [3.63, 3.8) is 0 Å². The van der Waals surface area contributed by atoms with Crippen molar-refractivity contribution in [3.05, 3.63) is 42.2 Å². The Morgan fingerprint density at radius 3 is 2.63 bits per heavy atom. The lowest BCUT2D eigenvalue weighted by Gasteiger charge is -2.42. The van der Waals surface area contributed by atoms with Gasteiger partial charge in [-0.05, 0) is 37.0 Å². The number of hydrogen-bond donors (Lipinski definition) is 2. The van der Waals surface area contributed by atoms with Crippen molar-refractivity contribution >= 4 is 18.1 Å². The maximum atomic E-state index is 13.5. The van der Waals surface area contributed by atoms with E-state index in [4.69, 9.17) is 5.41 Å². The smallest absolute Gasteiger partial charge is 0.229 e. The van der Waals surface area contributed by atoms with Crippen molar-refractivity contribution in [3.8, 4) is 11.1 Å². The second-order valence-corrected chi connectivity index (χ2v) is 8.14. The lowest BCUT2D eigenvalue weighted by molar-refractivity contribution is -0.138. The fourth-order valence-corrected chi connectivity index (χ4v) is 4.70. The molecule has 4 atom stereocenters. The van der Waals surface area contributed by atoms with Crippen LogP contribution in [0.3, 0.4) is 0 Å². The molecule has 2 bridgehead atoms. The summed E-state index contributed by atoms with van der Waals surface area (Å²) in [5.41, 5.74) is 2.21. The normalized spacial score (nSPS) is 28.0. The van der Waals surface area contributed by atoms with Crippen LogP contribution in [-0.4, -0.2) is 69.2 Å². The lowest BCUT2D eigenvalue weighted by Crippen LogP contribution is -2.57. The van der Waals surface area contributed by atoms with E-state index in [1.807, 2.05) is 11.0 Å². The molecule has 0 spiro atoms. The summed E-state index contributed by atoms with van der Waals surface area (Å²) < 4.78 is 26.9. The molecule has 2 aliphatic heterocycles. The summed E-state index contributed by atoms with van der Waals surface area (Å²) in [7, 11) is 0. The van der Waals surface area contributed by atoms with Crippen LogP contribution in [0.5, 0.6) is 0 Å². The van der Waals surface area contributed by atoms with Crippen LogP contribution >= 0.6 is 0 Å². The molecule has 1 amide bonds. The van der Waals surface area contributed by atoms with Gasteiger partial charge in [0.2, 0.25) is 11.9 Å². The van der Waals surface area contributed by atoms with Crippen LogP contribution < -0.4 is 0 Å². The number of halogens is 2. The third-order valence-electron chi connectivity index (χ3n) is 6.24. The number of amides is 1. The number of piperazine rings is 1. The Morgan fingerprint density at radius 1 is 1.27 bits per heavy atom. The van der Waals surface area contributed by atoms with Crippen molar-refractivity contribution < 1.29 is 13.6 Å². The highest BCUT2D eigenvalue weighted by molar-refractivity contribution is 6.02. The molecule has 156 valence electrons. The maximum Gasteiger partial charge on any atom is 0.229 e. The van der Waals surface area contributed by atoms with E-state index < -0.39 is 18.0 Å². The number of nitrogens with zero attached hydrogens (tertiary/aromatic N) is 4. The molecule has 5 rings (SSSR count). The molecular weight excluding hydrogens is 390 g/mol. The molecule has 30 heavy (non-hydrogen) atoms. The van der Waals surface area contributed by atoms with Gasteiger partial charge in [0.05, 0.1) is 11.6 Å². The molecule has 0 radical (unpaired) electrons. The first-order valence-electron chi connectivity index (χ1n) is 10.1. The van der Waals surface area contributed by atoms with Crippen LogP contribution in [-0.2, 0) is 4.79 Å². The number of H-pyrrole nitrogens is 1. The molecule has 9 heteroatoms. The van der Waals surface area contributed by atoms with Crippen molar-refractivity contribution in [2.45, 2.75) is 37.5 Å². The van der Waals surface area contributed by atoms with Gasteiger partial charge in [-0.1, -0.05) is 0 Å². The van der Waals surface area contributed by atoms with Gasteiger partial charge >= 0.3 is 0 Å². The molecule has 1 saturated carbocycles. The van der Waals surface area contributed by atoms with Crippen LogP contribution in [0.25, 0.3) is 11.1 Å². The summed E-state index contributed by atoms with van der Waals surface area (Å²) in [6.07, 6.45) is 5.33. The number of fused-ring (bicyclic) bond motifs is 2. The van der Waals surface area contributed by atoms with Crippen molar-refractivity contribution in [1.29, 1.82) is 5.41 Å². The fourth-order valence-electron chi connectivity index (χ4n) is 4.70. The molecular formula is C21H22F2N6O. The summed E-state index contributed by atoms with van der Waals surface area (Å²) in [6, 6.07) is 5.02. The van der Waals surface area contributed by atoms with E-state index in [0.717, 1.165) is 30.4 Å². The number of carbonyl (C=O) groups excluding carboxylic acids is 1. The van der Waals surface area contributed by atoms with Crippen LogP contribution in [0, 0.1) is 17.3 Å². The zero-order chi connectivity index (χ0) is 20.8. The van der Waals surface area contributed by atoms with Gasteiger partial charge in [-0.2, -0.15) is 4.39 Å². The zero-order valence-electron chi connectivity index (χ0n) is 16.3. The highest BCUT2D eigenvalue weighted by atomic mass is 19.1. The number of nitrogens with one attached hydrogen (secondary N) is 2. The van der Waals surface area contributed by atoms with Gasteiger partial charge in [-0.25, -0.2) is 14.4 Å². The summed E-state index contributed by atoms with van der Waals surface area (Å²) >= 11 is 0. The van der Waals surface area contributed by atoms with E-state index in [0.29, 0.717) is 30.9 Å². The van der Waals surface area contributed by atoms with Crippen LogP contribution in [0.2, 0.25) is 0 Å². The average molecular weight is 412 g/mol. The quantitative estimate of drug-likeness (QED) is 0.460. The number of aromatic amines is 1. The molecule has 3 fully saturated rings. The Labute approximate surface area is 172 Å². The van der Waals surface area contributed by atoms with Crippen LogP contribution in [0.1, 0.15) is 25.0 Å². The molecule has 3 aliphatic rings. The Kier molecular flexibility index (Phi) is 4.60. The molecule has 0 aromatic carbocycles. The third-order valence-corrected chi connectivity index (χ3v) is 6.24. The maximum absolute atomic E-state index is 13.5. The number of aliphatic imine (C=N–C) groups is 1. The number of hydrogen-bond acceptors (Lipinski definition) is 3. The van der Waals surface area contributed by atoms with Crippen LogP contribution in [0.15, 0.2) is 35.6 Å². The van der Waals surface area contributed by atoms with Gasteiger partial charge in [-0.15, -0.1) is 0 Å². The number of rotatable bonds is 4. The summed E-state index contributed by atoms with van der Waals surface area (Å²) in [4.78, 5) is 27.7. The third kappa shape index (κ3) is 3.28. The molecule has 2 aromatic rings. The van der Waals surface area contributed by atoms with Crippen molar-refractivity contribution in [1.82, 2.24) is 19.8 Å². The highest BCUT2D eigenvalue weighted by Gasteiger charge is 2.51. The second-order valence-electron chi connectivity index (χ2n) is 8.14. The zero-order valence-corrected chi connectivity index (χ0v) is 16.3. The summed E-state index contributed by atoms with van der Waals surface area (Å²) in [6.45, 7) is 1.19. The largest absolute Gasteiger partial charge is 0.358 e. The average Bonchev–Trinajstić information content (AvgIpc) is 3.16. The summed E-state index contributed by atoms with van der Waals surface area (Å²) in [5, 5.41) is 7.49. The predicted octanol–water partition coefficient (Wildman–Crippen LogP) is 2.60. The Hall–Kier alpha value is -3.10. The first-order chi connectivity index (χ1) is 14.5. The molecule has 7 nitrogen and oxygen atoms in total. The number of alkyl halides is 1. The number of amidine groups is 1. The van der Waals surface area contributed by atoms with Gasteiger partial charge in [0.15, 0.2) is 5.84 Å². The predicted molar refractivity (Wildman–Crippen MR) is 108 cm³/mol. The van der Waals surface area contributed by atoms with Crippen molar-refractivity contribution in [2.24, 2.45) is 10.9 Å². The van der Waals surface area contributed by atoms with E-state index >= 15 is 0 Å². The van der Waals surface area contributed by atoms with Gasteiger partial charge < -0.3 is 14.8 Å². The van der Waals surface area contributed by atoms with E-state index in [-0.39, 0.29) is 18.0 Å². The fraction of sp³-hybridized carbons (Fsp3) is 0.429. The monoisotopic (exact) mass is 412 g/mol. The lowest BCUT2D eigenvalue weighted by atomic mass is 10.1. The number of likely N-dealkylation sites (tertiary alicyclic amines) is 1. The van der Waals surface area contributed by atoms with Gasteiger partial charge in [0.25, 0.3) is 0 Å². The van der Waals surface area contributed by atoms with E-state index in [2.05, 4.69) is 19.9 Å². The topological polar surface area (TPSA) is 88.4 Å². The van der Waals surface area contributed by atoms with E-state index in [1.54, 1.807) is 12.3 Å². The van der Waals surface area contributed by atoms with Crippen LogP contribution in [0.4, 0.5) is 8.78 Å². The molecule has 1 aliphatic carbocycles. The van der Waals surface area contributed by atoms with Gasteiger partial charge in [0, 0.05) is 49.2 Å². The number of carbonyl (C=O) groups is 1. The Morgan fingerprint density at radius 2 is 2.00 bits per heavy atom. The minimum atomic E-state index is -0.986. The molecule has 2 saturated heterocycles.